The third-order valence-corrected chi connectivity index (χ3v) is 5.21. The zero-order chi connectivity index (χ0) is 19.6. The molecule has 140 valence electrons. The average Bonchev–Trinajstić information content (AvgIpc) is 2.96. The SMILES string of the molecule is CCOC(=O)c1c(NC(C)=O)sc(C)c1-c1ccc2cc(OC)ccc2c1. The highest BCUT2D eigenvalue weighted by Crippen LogP contribution is 2.41. The summed E-state index contributed by atoms with van der Waals surface area (Å²) in [6.45, 7) is 5.39. The Labute approximate surface area is 161 Å². The number of carbonyl (C=O) groups excluding carboxylic acids is 2. The van der Waals surface area contributed by atoms with Crippen molar-refractivity contribution in [1.29, 1.82) is 0 Å². The minimum atomic E-state index is -0.435. The van der Waals surface area contributed by atoms with E-state index in [4.69, 9.17) is 9.47 Å². The molecule has 0 spiro atoms. The lowest BCUT2D eigenvalue weighted by molar-refractivity contribution is -0.114. The molecule has 0 aliphatic carbocycles. The van der Waals surface area contributed by atoms with Gasteiger partial charge in [-0.1, -0.05) is 18.2 Å². The molecule has 1 heterocycles. The molecule has 6 heteroatoms. The maximum atomic E-state index is 12.6. The van der Waals surface area contributed by atoms with Crippen LogP contribution in [0, 0.1) is 6.92 Å². The number of ether oxygens (including phenoxy) is 2. The predicted molar refractivity (Wildman–Crippen MR) is 109 cm³/mol. The highest BCUT2D eigenvalue weighted by molar-refractivity contribution is 7.17. The van der Waals surface area contributed by atoms with Gasteiger partial charge in [0.2, 0.25) is 5.91 Å². The third kappa shape index (κ3) is 3.80. The van der Waals surface area contributed by atoms with E-state index >= 15 is 0 Å². The maximum Gasteiger partial charge on any atom is 0.341 e. The monoisotopic (exact) mass is 383 g/mol. The van der Waals surface area contributed by atoms with Gasteiger partial charge in [-0.2, -0.15) is 0 Å². The van der Waals surface area contributed by atoms with Crippen LogP contribution in [0.4, 0.5) is 5.00 Å². The van der Waals surface area contributed by atoms with Crippen molar-refractivity contribution in [2.24, 2.45) is 0 Å². The van der Waals surface area contributed by atoms with Crippen molar-refractivity contribution < 1.29 is 19.1 Å². The van der Waals surface area contributed by atoms with Gasteiger partial charge in [0.05, 0.1) is 13.7 Å². The van der Waals surface area contributed by atoms with Crippen molar-refractivity contribution in [3.05, 3.63) is 46.8 Å². The molecule has 1 aromatic heterocycles. The van der Waals surface area contributed by atoms with Crippen LogP contribution in [0.1, 0.15) is 29.1 Å². The van der Waals surface area contributed by atoms with E-state index < -0.39 is 5.97 Å². The van der Waals surface area contributed by atoms with Crippen molar-refractivity contribution in [1.82, 2.24) is 0 Å². The number of thiophene rings is 1. The highest BCUT2D eigenvalue weighted by atomic mass is 32.1. The van der Waals surface area contributed by atoms with Crippen LogP contribution >= 0.6 is 11.3 Å². The average molecular weight is 383 g/mol. The molecule has 0 atom stereocenters. The van der Waals surface area contributed by atoms with Gasteiger partial charge in [-0.05, 0) is 48.4 Å². The standard InChI is InChI=1S/C21H21NO4S/c1-5-26-21(24)19-18(12(2)27-20(19)22-13(3)23)16-7-6-15-11-17(25-4)9-8-14(15)10-16/h6-11H,5H2,1-4H3,(H,22,23). The first-order valence-corrected chi connectivity index (χ1v) is 9.42. The van der Waals surface area contributed by atoms with Gasteiger partial charge in [0.1, 0.15) is 16.3 Å². The zero-order valence-corrected chi connectivity index (χ0v) is 16.5. The van der Waals surface area contributed by atoms with Crippen LogP contribution in [-0.2, 0) is 9.53 Å². The number of carbonyl (C=O) groups is 2. The number of rotatable bonds is 5. The second-order valence-electron chi connectivity index (χ2n) is 6.07. The molecule has 1 N–H and O–H groups in total. The van der Waals surface area contributed by atoms with Gasteiger partial charge in [-0.15, -0.1) is 11.3 Å². The lowest BCUT2D eigenvalue weighted by atomic mass is 9.98. The van der Waals surface area contributed by atoms with Gasteiger partial charge in [0.15, 0.2) is 0 Å². The van der Waals surface area contributed by atoms with Crippen LogP contribution in [0.5, 0.6) is 5.75 Å². The first-order valence-electron chi connectivity index (χ1n) is 8.60. The Balaban J connectivity index is 2.17. The first-order chi connectivity index (χ1) is 12.9. The fourth-order valence-corrected chi connectivity index (χ4v) is 4.15. The summed E-state index contributed by atoms with van der Waals surface area (Å²) < 4.78 is 10.5. The molecule has 0 radical (unpaired) electrons. The molecule has 5 nitrogen and oxygen atoms in total. The van der Waals surface area contributed by atoms with E-state index in [0.717, 1.165) is 32.5 Å². The summed E-state index contributed by atoms with van der Waals surface area (Å²) in [6, 6.07) is 11.9. The summed E-state index contributed by atoms with van der Waals surface area (Å²) in [6.07, 6.45) is 0. The summed E-state index contributed by atoms with van der Waals surface area (Å²) >= 11 is 1.38. The molecule has 0 saturated carbocycles. The minimum Gasteiger partial charge on any atom is -0.497 e. The van der Waals surface area contributed by atoms with Crippen LogP contribution in [0.2, 0.25) is 0 Å². The van der Waals surface area contributed by atoms with Crippen molar-refractivity contribution in [3.8, 4) is 16.9 Å². The number of nitrogens with one attached hydrogen (secondary N) is 1. The number of benzene rings is 2. The summed E-state index contributed by atoms with van der Waals surface area (Å²) in [5, 5.41) is 5.36. The Hall–Kier alpha value is -2.86. The number of fused-ring (bicyclic) bond motifs is 1. The van der Waals surface area contributed by atoms with Gasteiger partial charge in [-0.3, -0.25) is 4.79 Å². The number of methoxy groups -OCH3 is 1. The molecule has 0 unspecified atom stereocenters. The van der Waals surface area contributed by atoms with E-state index in [1.807, 2.05) is 43.3 Å². The molecule has 3 aromatic rings. The zero-order valence-electron chi connectivity index (χ0n) is 15.7. The lowest BCUT2D eigenvalue weighted by Crippen LogP contribution is -2.11. The Kier molecular flexibility index (Phi) is 5.46. The van der Waals surface area contributed by atoms with E-state index in [-0.39, 0.29) is 12.5 Å². The first kappa shape index (κ1) is 18.9. The summed E-state index contributed by atoms with van der Waals surface area (Å²) in [4.78, 5) is 25.1. The highest BCUT2D eigenvalue weighted by Gasteiger charge is 2.25. The quantitative estimate of drug-likeness (QED) is 0.628. The van der Waals surface area contributed by atoms with Crippen molar-refractivity contribution in [2.75, 3.05) is 19.0 Å². The Morgan fingerprint density at radius 3 is 2.48 bits per heavy atom. The number of hydrogen-bond donors (Lipinski definition) is 1. The summed E-state index contributed by atoms with van der Waals surface area (Å²) in [5.74, 6) is 0.136. The molecule has 0 saturated heterocycles. The molecule has 3 rings (SSSR count). The maximum absolute atomic E-state index is 12.6. The van der Waals surface area contributed by atoms with Crippen LogP contribution in [-0.4, -0.2) is 25.6 Å². The molecular weight excluding hydrogens is 362 g/mol. The fourth-order valence-electron chi connectivity index (χ4n) is 3.04. The van der Waals surface area contributed by atoms with Crippen LogP contribution in [0.25, 0.3) is 21.9 Å². The van der Waals surface area contributed by atoms with E-state index in [2.05, 4.69) is 5.32 Å². The van der Waals surface area contributed by atoms with Gasteiger partial charge in [0, 0.05) is 17.4 Å². The number of esters is 1. The molecule has 0 bridgehead atoms. The smallest absolute Gasteiger partial charge is 0.341 e. The second-order valence-corrected chi connectivity index (χ2v) is 7.29. The second kappa shape index (κ2) is 7.80. The number of aryl methyl sites for hydroxylation is 1. The number of hydrogen-bond acceptors (Lipinski definition) is 5. The largest absolute Gasteiger partial charge is 0.497 e. The van der Waals surface area contributed by atoms with E-state index in [9.17, 15) is 9.59 Å². The van der Waals surface area contributed by atoms with Gasteiger partial charge in [0.25, 0.3) is 0 Å². The third-order valence-electron chi connectivity index (χ3n) is 4.19. The topological polar surface area (TPSA) is 64.6 Å². The fraction of sp³-hybridized carbons (Fsp3) is 0.238. The summed E-state index contributed by atoms with van der Waals surface area (Å²) in [7, 11) is 1.64. The normalized spacial score (nSPS) is 10.7. The number of amides is 1. The van der Waals surface area contributed by atoms with Gasteiger partial charge in [-0.25, -0.2) is 4.79 Å². The molecule has 27 heavy (non-hydrogen) atoms. The molecule has 2 aromatic carbocycles. The summed E-state index contributed by atoms with van der Waals surface area (Å²) in [5.41, 5.74) is 2.10. The van der Waals surface area contributed by atoms with Crippen molar-refractivity contribution >= 4 is 39.0 Å². The minimum absolute atomic E-state index is 0.223. The Morgan fingerprint density at radius 1 is 1.11 bits per heavy atom. The van der Waals surface area contributed by atoms with Crippen molar-refractivity contribution in [2.45, 2.75) is 20.8 Å². The predicted octanol–water partition coefficient (Wildman–Crippen LogP) is 5.02. The van der Waals surface area contributed by atoms with Gasteiger partial charge < -0.3 is 14.8 Å². The van der Waals surface area contributed by atoms with E-state index in [1.165, 1.54) is 18.3 Å². The van der Waals surface area contributed by atoms with Crippen LogP contribution < -0.4 is 10.1 Å². The molecule has 0 aliphatic rings. The lowest BCUT2D eigenvalue weighted by Gasteiger charge is -2.10. The Morgan fingerprint density at radius 2 is 1.81 bits per heavy atom. The number of anilines is 1. The van der Waals surface area contributed by atoms with Crippen LogP contribution in [0.15, 0.2) is 36.4 Å². The Bertz CT molecular complexity index is 1020. The molecule has 1 amide bonds. The van der Waals surface area contributed by atoms with Crippen LogP contribution in [0.3, 0.4) is 0 Å². The van der Waals surface area contributed by atoms with Gasteiger partial charge >= 0.3 is 5.97 Å². The van der Waals surface area contributed by atoms with Crippen molar-refractivity contribution in [3.63, 3.8) is 0 Å². The van der Waals surface area contributed by atoms with E-state index in [0.29, 0.717) is 10.6 Å². The molecule has 0 fully saturated rings. The molecular formula is C21H21NO4S. The molecule has 0 aliphatic heterocycles. The van der Waals surface area contributed by atoms with E-state index in [1.54, 1.807) is 14.0 Å².